The van der Waals surface area contributed by atoms with Gasteiger partial charge in [0.1, 0.15) is 17.2 Å². The van der Waals surface area contributed by atoms with Gasteiger partial charge < -0.3 is 0 Å². The summed E-state index contributed by atoms with van der Waals surface area (Å²) in [5.74, 6) is -0.404. The van der Waals surface area contributed by atoms with E-state index in [0.29, 0.717) is 11.0 Å². The van der Waals surface area contributed by atoms with Crippen LogP contribution in [-0.2, 0) is 12.8 Å². The number of halogens is 1. The number of nitrogens with one attached hydrogen (secondary N) is 1. The summed E-state index contributed by atoms with van der Waals surface area (Å²) >= 11 is 1.48. The van der Waals surface area contributed by atoms with Gasteiger partial charge in [-0.2, -0.15) is 9.78 Å². The Bertz CT molecular complexity index is 1090. The van der Waals surface area contributed by atoms with E-state index in [1.807, 2.05) is 0 Å². The molecule has 28 heavy (non-hydrogen) atoms. The van der Waals surface area contributed by atoms with E-state index < -0.39 is 17.3 Å². The molecule has 2 aromatic heterocycles. The smallest absolute Gasteiger partial charge is 0.277 e. The van der Waals surface area contributed by atoms with Crippen LogP contribution in [0.1, 0.15) is 40.8 Å². The second-order valence-electron chi connectivity index (χ2n) is 6.78. The van der Waals surface area contributed by atoms with E-state index in [2.05, 4.69) is 22.3 Å². The molecule has 1 aliphatic carbocycles. The zero-order valence-corrected chi connectivity index (χ0v) is 16.1. The summed E-state index contributed by atoms with van der Waals surface area (Å²) in [7, 11) is 0. The van der Waals surface area contributed by atoms with Gasteiger partial charge in [-0.25, -0.2) is 9.37 Å². The predicted octanol–water partition coefficient (Wildman–Crippen LogP) is 3.60. The van der Waals surface area contributed by atoms with Crippen LogP contribution in [0.25, 0.3) is 5.69 Å². The third-order valence-corrected chi connectivity index (χ3v) is 5.99. The number of benzene rings is 1. The fraction of sp³-hybridized carbons (Fsp3) is 0.300. The standard InChI is InChI=1S/C20H19FN4O2S/c1-2-12-7-8-14-17(11-12)28-20(22-14)23-19(27)15-9-10-18(26)25(24-15)16-6-4-3-5-13(16)21/h3-6,9-10,12H,2,7-8,11H2,1H3,(H,22,23,27). The molecule has 1 N–H and O–H groups in total. The van der Waals surface area contributed by atoms with Gasteiger partial charge in [0.05, 0.1) is 5.69 Å². The zero-order chi connectivity index (χ0) is 19.7. The largest absolute Gasteiger partial charge is 0.296 e. The van der Waals surface area contributed by atoms with E-state index in [0.717, 1.165) is 36.1 Å². The van der Waals surface area contributed by atoms with Crippen LogP contribution in [0.3, 0.4) is 0 Å². The fourth-order valence-corrected chi connectivity index (χ4v) is 4.45. The number of amides is 1. The zero-order valence-electron chi connectivity index (χ0n) is 15.3. The topological polar surface area (TPSA) is 76.9 Å². The number of hydrogen-bond donors (Lipinski definition) is 1. The predicted molar refractivity (Wildman–Crippen MR) is 106 cm³/mol. The highest BCUT2D eigenvalue weighted by Gasteiger charge is 2.22. The summed E-state index contributed by atoms with van der Waals surface area (Å²) < 4.78 is 14.9. The van der Waals surface area contributed by atoms with Crippen molar-refractivity contribution in [2.24, 2.45) is 5.92 Å². The second-order valence-corrected chi connectivity index (χ2v) is 7.86. The molecule has 0 fully saturated rings. The molecule has 0 aliphatic heterocycles. The number of nitrogens with zero attached hydrogens (tertiary/aromatic N) is 3. The first-order valence-corrected chi connectivity index (χ1v) is 10.0. The van der Waals surface area contributed by atoms with E-state index in [4.69, 9.17) is 0 Å². The minimum atomic E-state index is -0.590. The summed E-state index contributed by atoms with van der Waals surface area (Å²) in [6.45, 7) is 2.19. The highest BCUT2D eigenvalue weighted by atomic mass is 32.1. The fourth-order valence-electron chi connectivity index (χ4n) is 3.33. The van der Waals surface area contributed by atoms with Crippen LogP contribution in [0.2, 0.25) is 0 Å². The summed E-state index contributed by atoms with van der Waals surface area (Å²) in [5, 5.41) is 7.32. The van der Waals surface area contributed by atoms with E-state index in [9.17, 15) is 14.0 Å². The van der Waals surface area contributed by atoms with Crippen molar-refractivity contribution in [3.05, 3.63) is 68.8 Å². The quantitative estimate of drug-likeness (QED) is 0.729. The molecule has 6 nitrogen and oxygen atoms in total. The molecule has 0 saturated heterocycles. The Morgan fingerprint density at radius 2 is 2.14 bits per heavy atom. The van der Waals surface area contributed by atoms with Gasteiger partial charge in [-0.3, -0.25) is 14.9 Å². The minimum Gasteiger partial charge on any atom is -0.296 e. The molecular formula is C20H19FN4O2S. The minimum absolute atomic E-state index is 0.00234. The number of hydrogen-bond acceptors (Lipinski definition) is 5. The third-order valence-electron chi connectivity index (χ3n) is 4.95. The Balaban J connectivity index is 1.58. The highest BCUT2D eigenvalue weighted by molar-refractivity contribution is 7.15. The molecule has 0 spiro atoms. The van der Waals surface area contributed by atoms with Crippen LogP contribution in [0.5, 0.6) is 0 Å². The maximum atomic E-state index is 14.0. The third kappa shape index (κ3) is 3.60. The Labute approximate surface area is 165 Å². The molecule has 8 heteroatoms. The number of aromatic nitrogens is 3. The van der Waals surface area contributed by atoms with Gasteiger partial charge in [-0.15, -0.1) is 11.3 Å². The first-order chi connectivity index (χ1) is 13.5. The Hall–Kier alpha value is -2.87. The van der Waals surface area contributed by atoms with E-state index in [1.165, 1.54) is 46.5 Å². The van der Waals surface area contributed by atoms with Crippen LogP contribution in [-0.4, -0.2) is 20.7 Å². The average Bonchev–Trinajstić information content (AvgIpc) is 3.10. The van der Waals surface area contributed by atoms with Crippen LogP contribution in [0.4, 0.5) is 9.52 Å². The Morgan fingerprint density at radius 1 is 1.32 bits per heavy atom. The number of para-hydroxylation sites is 1. The Kier molecular flexibility index (Phi) is 5.04. The maximum absolute atomic E-state index is 14.0. The van der Waals surface area contributed by atoms with Crippen molar-refractivity contribution in [3.63, 3.8) is 0 Å². The summed E-state index contributed by atoms with van der Waals surface area (Å²) in [5.41, 5.74) is 0.547. The lowest BCUT2D eigenvalue weighted by Crippen LogP contribution is -2.25. The van der Waals surface area contributed by atoms with Crippen molar-refractivity contribution < 1.29 is 9.18 Å². The van der Waals surface area contributed by atoms with Gasteiger partial charge in [0, 0.05) is 10.9 Å². The molecule has 3 aromatic rings. The number of anilines is 1. The lowest BCUT2D eigenvalue weighted by molar-refractivity contribution is 0.102. The molecule has 1 aromatic carbocycles. The van der Waals surface area contributed by atoms with E-state index in [-0.39, 0.29) is 11.4 Å². The normalized spacial score (nSPS) is 15.9. The van der Waals surface area contributed by atoms with E-state index >= 15 is 0 Å². The molecule has 1 unspecified atom stereocenters. The number of carbonyl (C=O) groups is 1. The van der Waals surface area contributed by atoms with Gasteiger partial charge in [0.25, 0.3) is 11.5 Å². The second kappa shape index (κ2) is 7.63. The molecule has 0 bridgehead atoms. The SMILES string of the molecule is CCC1CCc2nc(NC(=O)c3ccc(=O)n(-c4ccccc4F)n3)sc2C1. The van der Waals surface area contributed by atoms with Gasteiger partial charge in [0.15, 0.2) is 5.13 Å². The maximum Gasteiger partial charge on any atom is 0.277 e. The molecule has 1 aliphatic rings. The van der Waals surface area contributed by atoms with E-state index in [1.54, 1.807) is 6.07 Å². The van der Waals surface area contributed by atoms with Crippen LogP contribution in [0.15, 0.2) is 41.2 Å². The molecular weight excluding hydrogens is 379 g/mol. The molecule has 0 saturated carbocycles. The first-order valence-electron chi connectivity index (χ1n) is 9.20. The lowest BCUT2D eigenvalue weighted by atomic mass is 9.89. The number of thiazole rings is 1. The first kappa shape index (κ1) is 18.5. The van der Waals surface area contributed by atoms with Crippen molar-refractivity contribution in [1.82, 2.24) is 14.8 Å². The number of fused-ring (bicyclic) bond motifs is 1. The van der Waals surface area contributed by atoms with Crippen molar-refractivity contribution in [2.75, 3.05) is 5.32 Å². The molecule has 144 valence electrons. The summed E-state index contributed by atoms with van der Waals surface area (Å²) in [6, 6.07) is 8.32. The van der Waals surface area contributed by atoms with Crippen molar-refractivity contribution in [1.29, 1.82) is 0 Å². The summed E-state index contributed by atoms with van der Waals surface area (Å²) in [6.07, 6.45) is 4.18. The highest BCUT2D eigenvalue weighted by Crippen LogP contribution is 2.33. The Morgan fingerprint density at radius 3 is 2.93 bits per heavy atom. The average molecular weight is 398 g/mol. The van der Waals surface area contributed by atoms with Gasteiger partial charge in [-0.05, 0) is 43.4 Å². The lowest BCUT2D eigenvalue weighted by Gasteiger charge is -2.18. The van der Waals surface area contributed by atoms with Gasteiger partial charge in [-0.1, -0.05) is 25.5 Å². The van der Waals surface area contributed by atoms with Crippen LogP contribution >= 0.6 is 11.3 Å². The molecule has 1 atom stereocenters. The van der Waals surface area contributed by atoms with Gasteiger partial charge >= 0.3 is 0 Å². The van der Waals surface area contributed by atoms with Crippen LogP contribution < -0.4 is 10.9 Å². The summed E-state index contributed by atoms with van der Waals surface area (Å²) in [4.78, 5) is 30.4. The molecule has 4 rings (SSSR count). The molecule has 2 heterocycles. The monoisotopic (exact) mass is 398 g/mol. The van der Waals surface area contributed by atoms with Gasteiger partial charge in [0.2, 0.25) is 0 Å². The van der Waals surface area contributed by atoms with Crippen LogP contribution in [0, 0.1) is 11.7 Å². The molecule has 1 amide bonds. The van der Waals surface area contributed by atoms with Crippen molar-refractivity contribution in [3.8, 4) is 5.69 Å². The van der Waals surface area contributed by atoms with Crippen molar-refractivity contribution in [2.45, 2.75) is 32.6 Å². The van der Waals surface area contributed by atoms with Crippen molar-refractivity contribution >= 4 is 22.4 Å². The number of aryl methyl sites for hydroxylation is 1. The number of rotatable bonds is 4. The number of carbonyl (C=O) groups excluding carboxylic acids is 1. The molecule has 0 radical (unpaired) electrons.